The molecular formula is C5H6N2O2S. The molecule has 0 spiro atoms. The van der Waals surface area contributed by atoms with E-state index in [1.54, 1.807) is 0 Å². The van der Waals surface area contributed by atoms with E-state index in [-0.39, 0.29) is 5.00 Å². The van der Waals surface area contributed by atoms with Gasteiger partial charge in [0.15, 0.2) is 0 Å². The van der Waals surface area contributed by atoms with E-state index in [9.17, 15) is 10.1 Å². The maximum atomic E-state index is 10.1. The van der Waals surface area contributed by atoms with Crippen LogP contribution in [0.5, 0.6) is 0 Å². The zero-order valence-electron chi connectivity index (χ0n) is 5.40. The van der Waals surface area contributed by atoms with Crippen LogP contribution in [-0.4, -0.2) is 9.91 Å². The molecule has 4 nitrogen and oxygen atoms in total. The van der Waals surface area contributed by atoms with Crippen LogP contribution >= 0.6 is 11.3 Å². The van der Waals surface area contributed by atoms with E-state index >= 15 is 0 Å². The molecule has 0 saturated carbocycles. The average Bonchev–Trinajstić information content (AvgIpc) is 2.34. The highest BCUT2D eigenvalue weighted by atomic mass is 32.1. The summed E-state index contributed by atoms with van der Waals surface area (Å²) in [4.78, 5) is 13.5. The standard InChI is InChI=1S/C5H6N2O2S/c1-2-4-6-3-5(10-4)7(8)9/h3H,2H2,1H3. The second-order valence-corrected chi connectivity index (χ2v) is 2.80. The Kier molecular flexibility index (Phi) is 1.96. The molecule has 0 atom stereocenters. The number of hydrogen-bond acceptors (Lipinski definition) is 4. The molecule has 54 valence electrons. The quantitative estimate of drug-likeness (QED) is 0.485. The van der Waals surface area contributed by atoms with Crippen LogP contribution in [0, 0.1) is 10.1 Å². The third-order valence-electron chi connectivity index (χ3n) is 1.02. The molecule has 0 aliphatic heterocycles. The van der Waals surface area contributed by atoms with Gasteiger partial charge < -0.3 is 0 Å². The second-order valence-electron chi connectivity index (χ2n) is 1.70. The van der Waals surface area contributed by atoms with Crippen molar-refractivity contribution in [2.24, 2.45) is 0 Å². The maximum Gasteiger partial charge on any atom is 0.343 e. The van der Waals surface area contributed by atoms with Crippen LogP contribution in [0.15, 0.2) is 6.20 Å². The molecule has 5 heteroatoms. The lowest BCUT2D eigenvalue weighted by Gasteiger charge is -1.79. The van der Waals surface area contributed by atoms with Crippen molar-refractivity contribution < 1.29 is 4.92 Å². The largest absolute Gasteiger partial charge is 0.343 e. The van der Waals surface area contributed by atoms with Gasteiger partial charge in [-0.25, -0.2) is 4.98 Å². The SMILES string of the molecule is CCc1ncc([N+](=O)[O-])s1. The summed E-state index contributed by atoms with van der Waals surface area (Å²) in [6, 6.07) is 0. The van der Waals surface area contributed by atoms with Crippen molar-refractivity contribution in [1.29, 1.82) is 0 Å². The highest BCUT2D eigenvalue weighted by molar-refractivity contribution is 7.14. The highest BCUT2D eigenvalue weighted by Crippen LogP contribution is 2.20. The van der Waals surface area contributed by atoms with Gasteiger partial charge in [0.05, 0.1) is 9.93 Å². The number of aromatic nitrogens is 1. The fourth-order valence-electron chi connectivity index (χ4n) is 0.548. The van der Waals surface area contributed by atoms with E-state index in [0.29, 0.717) is 0 Å². The number of nitro groups is 1. The summed E-state index contributed by atoms with van der Waals surface area (Å²) in [5.74, 6) is 0. The third kappa shape index (κ3) is 1.30. The summed E-state index contributed by atoms with van der Waals surface area (Å²) in [7, 11) is 0. The maximum absolute atomic E-state index is 10.1. The smallest absolute Gasteiger partial charge is 0.257 e. The summed E-state index contributed by atoms with van der Waals surface area (Å²) in [6.07, 6.45) is 2.06. The summed E-state index contributed by atoms with van der Waals surface area (Å²) >= 11 is 1.13. The van der Waals surface area contributed by atoms with E-state index in [0.717, 1.165) is 22.8 Å². The minimum absolute atomic E-state index is 0.122. The molecule has 0 N–H and O–H groups in total. The molecule has 1 aromatic rings. The van der Waals surface area contributed by atoms with Crippen LogP contribution in [0.1, 0.15) is 11.9 Å². The van der Waals surface area contributed by atoms with Gasteiger partial charge in [0, 0.05) is 0 Å². The molecule has 0 amide bonds. The predicted molar refractivity (Wildman–Crippen MR) is 38.1 cm³/mol. The zero-order valence-corrected chi connectivity index (χ0v) is 6.22. The fraction of sp³-hybridized carbons (Fsp3) is 0.400. The van der Waals surface area contributed by atoms with Gasteiger partial charge in [-0.1, -0.05) is 6.92 Å². The van der Waals surface area contributed by atoms with E-state index in [4.69, 9.17) is 0 Å². The molecule has 0 aliphatic carbocycles. The van der Waals surface area contributed by atoms with E-state index in [1.807, 2.05) is 6.92 Å². The zero-order chi connectivity index (χ0) is 7.56. The monoisotopic (exact) mass is 158 g/mol. The second kappa shape index (κ2) is 2.74. The molecule has 1 aromatic heterocycles. The lowest BCUT2D eigenvalue weighted by atomic mass is 10.5. The molecule has 1 heterocycles. The Bertz CT molecular complexity index is 246. The normalized spacial score (nSPS) is 9.70. The minimum atomic E-state index is -0.420. The van der Waals surface area contributed by atoms with E-state index in [1.165, 1.54) is 6.20 Å². The topological polar surface area (TPSA) is 56.0 Å². The first-order chi connectivity index (χ1) is 4.74. The molecule has 10 heavy (non-hydrogen) atoms. The first-order valence-electron chi connectivity index (χ1n) is 2.83. The van der Waals surface area contributed by atoms with Crippen molar-refractivity contribution in [1.82, 2.24) is 4.98 Å². The van der Waals surface area contributed by atoms with Gasteiger partial charge in [0.1, 0.15) is 6.20 Å². The van der Waals surface area contributed by atoms with Crippen LogP contribution in [0.2, 0.25) is 0 Å². The first-order valence-corrected chi connectivity index (χ1v) is 3.64. The van der Waals surface area contributed by atoms with Gasteiger partial charge in [-0.3, -0.25) is 10.1 Å². The molecule has 0 aromatic carbocycles. The van der Waals surface area contributed by atoms with Crippen LogP contribution in [0.3, 0.4) is 0 Å². The third-order valence-corrected chi connectivity index (χ3v) is 2.12. The van der Waals surface area contributed by atoms with Crippen LogP contribution in [-0.2, 0) is 6.42 Å². The predicted octanol–water partition coefficient (Wildman–Crippen LogP) is 1.61. The van der Waals surface area contributed by atoms with Gasteiger partial charge in [-0.05, 0) is 17.8 Å². The van der Waals surface area contributed by atoms with E-state index in [2.05, 4.69) is 4.98 Å². The Balaban J connectivity index is 2.88. The number of nitrogens with zero attached hydrogens (tertiary/aromatic N) is 2. The van der Waals surface area contributed by atoms with Crippen LogP contribution in [0.4, 0.5) is 5.00 Å². The molecule has 0 aliphatic rings. The molecule has 0 saturated heterocycles. The summed E-state index contributed by atoms with van der Waals surface area (Å²) in [5, 5.41) is 11.0. The van der Waals surface area contributed by atoms with Gasteiger partial charge >= 0.3 is 5.00 Å². The Morgan fingerprint density at radius 2 is 2.60 bits per heavy atom. The summed E-state index contributed by atoms with van der Waals surface area (Å²) < 4.78 is 0. The van der Waals surface area contributed by atoms with Gasteiger partial charge in [-0.15, -0.1) is 0 Å². The van der Waals surface area contributed by atoms with Crippen LogP contribution < -0.4 is 0 Å². The van der Waals surface area contributed by atoms with Crippen molar-refractivity contribution in [3.05, 3.63) is 21.3 Å². The summed E-state index contributed by atoms with van der Waals surface area (Å²) in [6.45, 7) is 1.92. The van der Waals surface area contributed by atoms with Crippen molar-refractivity contribution in [3.8, 4) is 0 Å². The lowest BCUT2D eigenvalue weighted by Crippen LogP contribution is -1.80. The van der Waals surface area contributed by atoms with Gasteiger partial charge in [0.2, 0.25) is 0 Å². The molecular weight excluding hydrogens is 152 g/mol. The summed E-state index contributed by atoms with van der Waals surface area (Å²) in [5.41, 5.74) is 0. The molecule has 0 radical (unpaired) electrons. The molecule has 0 unspecified atom stereocenters. The Morgan fingerprint density at radius 1 is 1.90 bits per heavy atom. The molecule has 0 bridgehead atoms. The number of hydrogen-bond donors (Lipinski definition) is 0. The fourth-order valence-corrected chi connectivity index (χ4v) is 1.22. The number of rotatable bonds is 2. The highest BCUT2D eigenvalue weighted by Gasteiger charge is 2.08. The van der Waals surface area contributed by atoms with E-state index < -0.39 is 4.92 Å². The van der Waals surface area contributed by atoms with Gasteiger partial charge in [-0.2, -0.15) is 0 Å². The molecule has 1 rings (SSSR count). The number of thiazole rings is 1. The average molecular weight is 158 g/mol. The molecule has 0 fully saturated rings. The Morgan fingerprint density at radius 3 is 2.90 bits per heavy atom. The van der Waals surface area contributed by atoms with Crippen molar-refractivity contribution in [2.75, 3.05) is 0 Å². The number of aryl methyl sites for hydroxylation is 1. The van der Waals surface area contributed by atoms with Crippen molar-refractivity contribution in [3.63, 3.8) is 0 Å². The minimum Gasteiger partial charge on any atom is -0.257 e. The Hall–Kier alpha value is -0.970. The van der Waals surface area contributed by atoms with Crippen molar-refractivity contribution in [2.45, 2.75) is 13.3 Å². The Labute approximate surface area is 61.7 Å². The lowest BCUT2D eigenvalue weighted by molar-refractivity contribution is -0.380. The first kappa shape index (κ1) is 7.14. The van der Waals surface area contributed by atoms with Gasteiger partial charge in [0.25, 0.3) is 0 Å². The van der Waals surface area contributed by atoms with Crippen molar-refractivity contribution >= 4 is 16.3 Å². The van der Waals surface area contributed by atoms with Crippen LogP contribution in [0.25, 0.3) is 0 Å².